The maximum Gasteiger partial charge on any atom is 0.0636 e. The van der Waals surface area contributed by atoms with Crippen molar-refractivity contribution in [2.75, 3.05) is 7.05 Å². The van der Waals surface area contributed by atoms with Gasteiger partial charge in [0.2, 0.25) is 0 Å². The van der Waals surface area contributed by atoms with Crippen LogP contribution in [0.4, 0.5) is 0 Å². The molecule has 0 aromatic rings. The molecule has 0 saturated carbocycles. The van der Waals surface area contributed by atoms with Gasteiger partial charge in [-0.3, -0.25) is 4.99 Å². The summed E-state index contributed by atoms with van der Waals surface area (Å²) in [6.07, 6.45) is 10.7. The van der Waals surface area contributed by atoms with Crippen molar-refractivity contribution in [3.05, 3.63) is 36.0 Å². The highest BCUT2D eigenvalue weighted by molar-refractivity contribution is 6.10. The van der Waals surface area contributed by atoms with Crippen LogP contribution in [0.3, 0.4) is 0 Å². The Hall–Kier alpha value is -1.11. The largest absolute Gasteiger partial charge is 0.288 e. The summed E-state index contributed by atoms with van der Waals surface area (Å²) in [5.74, 6) is 0. The highest BCUT2D eigenvalue weighted by Gasteiger charge is 2.13. The van der Waals surface area contributed by atoms with Crippen LogP contribution in [0.15, 0.2) is 40.9 Å². The summed E-state index contributed by atoms with van der Waals surface area (Å²) in [7, 11) is 1.83. The summed E-state index contributed by atoms with van der Waals surface area (Å²) in [5, 5.41) is 0. The highest BCUT2D eigenvalue weighted by Crippen LogP contribution is 2.23. The van der Waals surface area contributed by atoms with Gasteiger partial charge in [-0.25, -0.2) is 0 Å². The standard InChI is InChI=1S/C12H17N/c1-5-10-6-8-12(2,3)9-7-11(10)13-4/h5-9H,1-4H3/b10-5-,13-11?. The minimum absolute atomic E-state index is 0.140. The van der Waals surface area contributed by atoms with Gasteiger partial charge in [0.15, 0.2) is 0 Å². The molecule has 0 aromatic heterocycles. The Labute approximate surface area is 80.6 Å². The molecular weight excluding hydrogens is 158 g/mol. The summed E-state index contributed by atoms with van der Waals surface area (Å²) in [5.41, 5.74) is 2.40. The van der Waals surface area contributed by atoms with Gasteiger partial charge in [-0.2, -0.15) is 0 Å². The molecular formula is C12H17N. The fraction of sp³-hybridized carbons (Fsp3) is 0.417. The first kappa shape index (κ1) is 9.97. The van der Waals surface area contributed by atoms with Crippen LogP contribution >= 0.6 is 0 Å². The van der Waals surface area contributed by atoms with Crippen LogP contribution in [-0.4, -0.2) is 12.8 Å². The molecule has 0 fully saturated rings. The molecule has 70 valence electrons. The summed E-state index contributed by atoms with van der Waals surface area (Å²) >= 11 is 0. The second-order valence-electron chi connectivity index (χ2n) is 3.84. The van der Waals surface area contributed by atoms with Gasteiger partial charge in [-0.1, -0.05) is 38.2 Å². The third-order valence-corrected chi connectivity index (χ3v) is 2.21. The molecule has 0 spiro atoms. The molecule has 0 N–H and O–H groups in total. The summed E-state index contributed by atoms with van der Waals surface area (Å²) in [6.45, 7) is 6.41. The zero-order valence-corrected chi connectivity index (χ0v) is 8.83. The monoisotopic (exact) mass is 175 g/mol. The van der Waals surface area contributed by atoms with Crippen LogP contribution in [0.1, 0.15) is 20.8 Å². The lowest BCUT2D eigenvalue weighted by atomic mass is 9.93. The molecule has 0 radical (unpaired) electrons. The fourth-order valence-corrected chi connectivity index (χ4v) is 1.28. The van der Waals surface area contributed by atoms with Crippen molar-refractivity contribution < 1.29 is 0 Å². The Kier molecular flexibility index (Phi) is 2.86. The second-order valence-corrected chi connectivity index (χ2v) is 3.84. The smallest absolute Gasteiger partial charge is 0.0636 e. The van der Waals surface area contributed by atoms with Gasteiger partial charge < -0.3 is 0 Å². The first-order valence-corrected chi connectivity index (χ1v) is 4.61. The van der Waals surface area contributed by atoms with Gasteiger partial charge in [0.1, 0.15) is 0 Å². The van der Waals surface area contributed by atoms with Crippen molar-refractivity contribution in [2.45, 2.75) is 20.8 Å². The van der Waals surface area contributed by atoms with E-state index in [0.29, 0.717) is 0 Å². The van der Waals surface area contributed by atoms with E-state index in [0.717, 1.165) is 5.71 Å². The summed E-state index contributed by atoms with van der Waals surface area (Å²) < 4.78 is 0. The molecule has 1 nitrogen and oxygen atoms in total. The second kappa shape index (κ2) is 3.73. The van der Waals surface area contributed by atoms with Crippen LogP contribution in [0, 0.1) is 5.41 Å². The van der Waals surface area contributed by atoms with Gasteiger partial charge in [0, 0.05) is 12.5 Å². The Morgan fingerprint density at radius 1 is 1.23 bits per heavy atom. The zero-order valence-electron chi connectivity index (χ0n) is 8.83. The van der Waals surface area contributed by atoms with Crippen LogP contribution in [0.2, 0.25) is 0 Å². The molecule has 0 unspecified atom stereocenters. The topological polar surface area (TPSA) is 12.4 Å². The number of nitrogens with zero attached hydrogens (tertiary/aromatic N) is 1. The zero-order chi connectivity index (χ0) is 9.90. The molecule has 0 saturated heterocycles. The highest BCUT2D eigenvalue weighted by atomic mass is 14.7. The van der Waals surface area contributed by atoms with Gasteiger partial charge in [-0.15, -0.1) is 0 Å². The van der Waals surface area contributed by atoms with Gasteiger partial charge in [-0.05, 0) is 18.6 Å². The first-order valence-electron chi connectivity index (χ1n) is 4.61. The van der Waals surface area contributed by atoms with Crippen LogP contribution in [0.5, 0.6) is 0 Å². The first-order chi connectivity index (χ1) is 6.09. The summed E-state index contributed by atoms with van der Waals surface area (Å²) in [4.78, 5) is 4.24. The number of rotatable bonds is 0. The summed E-state index contributed by atoms with van der Waals surface area (Å²) in [6, 6.07) is 0. The Morgan fingerprint density at radius 3 is 2.38 bits per heavy atom. The molecule has 0 bridgehead atoms. The molecule has 0 aliphatic heterocycles. The molecule has 0 aromatic carbocycles. The number of aliphatic imine (C=N–C) groups is 1. The molecule has 1 aliphatic carbocycles. The molecule has 1 aliphatic rings. The Balaban J connectivity index is 3.13. The average molecular weight is 175 g/mol. The predicted octanol–water partition coefficient (Wildman–Crippen LogP) is 3.16. The van der Waals surface area contributed by atoms with Crippen molar-refractivity contribution in [3.63, 3.8) is 0 Å². The lowest BCUT2D eigenvalue weighted by Crippen LogP contribution is -2.00. The Morgan fingerprint density at radius 2 is 1.85 bits per heavy atom. The van der Waals surface area contributed by atoms with Crippen LogP contribution < -0.4 is 0 Å². The molecule has 0 heterocycles. The molecule has 1 rings (SSSR count). The van der Waals surface area contributed by atoms with E-state index in [1.807, 2.05) is 14.0 Å². The van der Waals surface area contributed by atoms with Crippen molar-refractivity contribution in [3.8, 4) is 0 Å². The van der Waals surface area contributed by atoms with E-state index in [4.69, 9.17) is 0 Å². The molecule has 0 atom stereocenters. The number of allylic oxidation sites excluding steroid dienone is 6. The molecule has 1 heteroatoms. The van der Waals surface area contributed by atoms with Crippen molar-refractivity contribution in [1.29, 1.82) is 0 Å². The minimum atomic E-state index is 0.140. The molecule has 0 amide bonds. The minimum Gasteiger partial charge on any atom is -0.288 e. The van der Waals surface area contributed by atoms with Crippen LogP contribution in [-0.2, 0) is 0 Å². The predicted molar refractivity (Wildman–Crippen MR) is 59.2 cm³/mol. The van der Waals surface area contributed by atoms with Gasteiger partial charge in [0.25, 0.3) is 0 Å². The number of hydrogen-bond donors (Lipinski definition) is 0. The van der Waals surface area contributed by atoms with E-state index in [-0.39, 0.29) is 5.41 Å². The Bertz CT molecular complexity index is 271. The van der Waals surface area contributed by atoms with E-state index in [1.165, 1.54) is 5.57 Å². The van der Waals surface area contributed by atoms with Crippen LogP contribution in [0.25, 0.3) is 0 Å². The maximum atomic E-state index is 4.24. The number of hydrogen-bond acceptors (Lipinski definition) is 1. The lowest BCUT2D eigenvalue weighted by molar-refractivity contribution is 0.627. The SMILES string of the molecule is C/C=C1/C=CC(C)(C)C=CC1=NC. The quantitative estimate of drug-likeness (QED) is 0.536. The van der Waals surface area contributed by atoms with E-state index < -0.39 is 0 Å². The lowest BCUT2D eigenvalue weighted by Gasteiger charge is -2.11. The van der Waals surface area contributed by atoms with Crippen molar-refractivity contribution in [1.82, 2.24) is 0 Å². The third kappa shape index (κ3) is 2.41. The third-order valence-electron chi connectivity index (χ3n) is 2.21. The van der Waals surface area contributed by atoms with Crippen molar-refractivity contribution in [2.24, 2.45) is 10.4 Å². The van der Waals surface area contributed by atoms with E-state index in [9.17, 15) is 0 Å². The van der Waals surface area contributed by atoms with Gasteiger partial charge in [0.05, 0.1) is 5.71 Å². The molecule has 13 heavy (non-hydrogen) atoms. The van der Waals surface area contributed by atoms with Crippen molar-refractivity contribution >= 4 is 5.71 Å². The van der Waals surface area contributed by atoms with E-state index in [1.54, 1.807) is 0 Å². The van der Waals surface area contributed by atoms with E-state index in [2.05, 4.69) is 49.2 Å². The normalized spacial score (nSPS) is 26.8. The van der Waals surface area contributed by atoms with Gasteiger partial charge >= 0.3 is 0 Å². The maximum absolute atomic E-state index is 4.24. The average Bonchev–Trinajstić information content (AvgIpc) is 2.23. The fourth-order valence-electron chi connectivity index (χ4n) is 1.28. The van der Waals surface area contributed by atoms with E-state index >= 15 is 0 Å².